The molecule has 140 valence electrons. The third-order valence-corrected chi connectivity index (χ3v) is 8.84. The Kier molecular flexibility index (Phi) is 5.75. The molecule has 2 fully saturated rings. The lowest BCUT2D eigenvalue weighted by atomic mass is 9.99. The lowest BCUT2D eigenvalue weighted by Gasteiger charge is -2.31. The maximum Gasteiger partial charge on any atom is 0.216 e. The van der Waals surface area contributed by atoms with Crippen molar-refractivity contribution >= 4 is 31.6 Å². The Morgan fingerprint density at radius 1 is 1.04 bits per heavy atom. The Hall–Kier alpha value is -0.670. The number of benzene rings is 1. The van der Waals surface area contributed by atoms with Crippen LogP contribution in [0.1, 0.15) is 31.2 Å². The Balaban J connectivity index is 1.48. The largest absolute Gasteiger partial charge is 0.216 e. The number of piperidine rings is 1. The summed E-state index contributed by atoms with van der Waals surface area (Å²) in [6.07, 6.45) is 2.90. The van der Waals surface area contributed by atoms with Gasteiger partial charge in [0.25, 0.3) is 0 Å². The maximum absolute atomic E-state index is 12.2. The Morgan fingerprint density at radius 3 is 2.28 bits per heavy atom. The van der Waals surface area contributed by atoms with Crippen molar-refractivity contribution in [3.8, 4) is 0 Å². The lowest BCUT2D eigenvalue weighted by Crippen LogP contribution is -2.42. The molecule has 1 aliphatic carbocycles. The third-order valence-electron chi connectivity index (χ3n) is 4.77. The van der Waals surface area contributed by atoms with Crippen LogP contribution >= 0.6 is 11.6 Å². The van der Waals surface area contributed by atoms with Crippen LogP contribution in [0.3, 0.4) is 0 Å². The molecule has 1 saturated heterocycles. The highest BCUT2D eigenvalue weighted by Crippen LogP contribution is 2.33. The van der Waals surface area contributed by atoms with E-state index in [2.05, 4.69) is 4.72 Å². The van der Waals surface area contributed by atoms with E-state index >= 15 is 0 Å². The number of hydrogen-bond acceptors (Lipinski definition) is 4. The van der Waals surface area contributed by atoms with Crippen LogP contribution in [0.2, 0.25) is 5.02 Å². The molecular formula is C16H23ClN2O4S2. The van der Waals surface area contributed by atoms with Gasteiger partial charge in [0.15, 0.2) is 0 Å². The minimum absolute atomic E-state index is 0.151. The summed E-state index contributed by atoms with van der Waals surface area (Å²) in [5.41, 5.74) is 0.571. The van der Waals surface area contributed by atoms with E-state index in [1.54, 1.807) is 28.6 Å². The molecule has 1 aromatic carbocycles. The van der Waals surface area contributed by atoms with Gasteiger partial charge in [0.05, 0.1) is 11.0 Å². The summed E-state index contributed by atoms with van der Waals surface area (Å²) < 4.78 is 53.1. The maximum atomic E-state index is 12.2. The van der Waals surface area contributed by atoms with Crippen molar-refractivity contribution in [1.82, 2.24) is 9.03 Å². The average Bonchev–Trinajstić information content (AvgIpc) is 3.41. The first-order chi connectivity index (χ1) is 11.8. The van der Waals surface area contributed by atoms with Crippen molar-refractivity contribution in [2.24, 2.45) is 5.92 Å². The SMILES string of the molecule is O=S(=O)(Cc1ccccc1Cl)NCC1CCN(S(=O)(=O)C2CC2)CC1. The van der Waals surface area contributed by atoms with Gasteiger partial charge in [-0.15, -0.1) is 0 Å². The number of nitrogens with one attached hydrogen (secondary N) is 1. The number of nitrogens with zero attached hydrogens (tertiary/aromatic N) is 1. The quantitative estimate of drug-likeness (QED) is 0.750. The second kappa shape index (κ2) is 7.52. The monoisotopic (exact) mass is 406 g/mol. The first-order valence-electron chi connectivity index (χ1n) is 8.47. The summed E-state index contributed by atoms with van der Waals surface area (Å²) in [5, 5.41) is 0.254. The molecule has 1 heterocycles. The number of rotatable bonds is 7. The topological polar surface area (TPSA) is 83.6 Å². The molecule has 0 unspecified atom stereocenters. The van der Waals surface area contributed by atoms with E-state index < -0.39 is 20.0 Å². The minimum Gasteiger partial charge on any atom is -0.215 e. The first-order valence-corrected chi connectivity index (χ1v) is 12.0. The van der Waals surface area contributed by atoms with Crippen LogP contribution in [0.25, 0.3) is 0 Å². The standard InChI is InChI=1S/C16H23ClN2O4S2/c17-16-4-2-1-3-14(16)12-24(20,21)18-11-13-7-9-19(10-8-13)25(22,23)15-5-6-15/h1-4,13,15,18H,5-12H2. The second-order valence-corrected chi connectivity index (χ2v) is 11.2. The molecule has 6 nitrogen and oxygen atoms in total. The van der Waals surface area contributed by atoms with Crippen molar-refractivity contribution < 1.29 is 16.8 Å². The highest BCUT2D eigenvalue weighted by Gasteiger charge is 2.41. The zero-order valence-electron chi connectivity index (χ0n) is 13.9. The molecule has 2 aliphatic rings. The highest BCUT2D eigenvalue weighted by atomic mass is 35.5. The number of halogens is 1. The van der Waals surface area contributed by atoms with Gasteiger partial charge < -0.3 is 0 Å². The number of hydrogen-bond donors (Lipinski definition) is 1. The van der Waals surface area contributed by atoms with Crippen molar-refractivity contribution in [3.05, 3.63) is 34.9 Å². The highest BCUT2D eigenvalue weighted by molar-refractivity contribution is 7.90. The van der Waals surface area contributed by atoms with Gasteiger partial charge in [0, 0.05) is 24.7 Å². The molecule has 1 N–H and O–H groups in total. The smallest absolute Gasteiger partial charge is 0.215 e. The van der Waals surface area contributed by atoms with Crippen LogP contribution in [0.15, 0.2) is 24.3 Å². The molecular weight excluding hydrogens is 384 g/mol. The predicted octanol–water partition coefficient (Wildman–Crippen LogP) is 1.96. The summed E-state index contributed by atoms with van der Waals surface area (Å²) >= 11 is 6.01. The fourth-order valence-corrected chi connectivity index (χ4v) is 6.47. The third kappa shape index (κ3) is 4.95. The van der Waals surface area contributed by atoms with Crippen LogP contribution in [0.5, 0.6) is 0 Å². The van der Waals surface area contributed by atoms with Crippen molar-refractivity contribution in [2.45, 2.75) is 36.7 Å². The molecule has 0 amide bonds. The molecule has 1 saturated carbocycles. The van der Waals surface area contributed by atoms with E-state index in [0.29, 0.717) is 43.1 Å². The van der Waals surface area contributed by atoms with Crippen LogP contribution < -0.4 is 4.72 Å². The normalized spacial score (nSPS) is 20.7. The van der Waals surface area contributed by atoms with E-state index in [4.69, 9.17) is 11.6 Å². The molecule has 0 spiro atoms. The zero-order chi connectivity index (χ0) is 18.1. The van der Waals surface area contributed by atoms with Crippen molar-refractivity contribution in [2.75, 3.05) is 19.6 Å². The Morgan fingerprint density at radius 2 is 1.68 bits per heavy atom. The van der Waals surface area contributed by atoms with Crippen LogP contribution in [0, 0.1) is 5.92 Å². The zero-order valence-corrected chi connectivity index (χ0v) is 16.3. The fraction of sp³-hybridized carbons (Fsp3) is 0.625. The van der Waals surface area contributed by atoms with E-state index in [1.165, 1.54) is 0 Å². The van der Waals surface area contributed by atoms with Crippen molar-refractivity contribution in [3.63, 3.8) is 0 Å². The average molecular weight is 407 g/mol. The van der Waals surface area contributed by atoms with Crippen LogP contribution in [-0.4, -0.2) is 46.0 Å². The summed E-state index contributed by atoms with van der Waals surface area (Å²) in [5.74, 6) is 0.00774. The second-order valence-electron chi connectivity index (χ2n) is 6.79. The van der Waals surface area contributed by atoms with Gasteiger partial charge in [-0.1, -0.05) is 29.8 Å². The van der Waals surface area contributed by atoms with Crippen LogP contribution in [-0.2, 0) is 25.8 Å². The van der Waals surface area contributed by atoms with Gasteiger partial charge in [0.2, 0.25) is 20.0 Å². The molecule has 1 aromatic rings. The Bertz CT molecular complexity index is 814. The van der Waals surface area contributed by atoms with E-state index in [1.807, 2.05) is 0 Å². The number of sulfonamides is 2. The molecule has 9 heteroatoms. The molecule has 0 atom stereocenters. The summed E-state index contributed by atoms with van der Waals surface area (Å²) in [7, 11) is -6.59. The van der Waals surface area contributed by atoms with Gasteiger partial charge in [-0.3, -0.25) is 0 Å². The van der Waals surface area contributed by atoms with Gasteiger partial charge in [-0.05, 0) is 43.2 Å². The van der Waals surface area contributed by atoms with Gasteiger partial charge in [-0.25, -0.2) is 25.9 Å². The van der Waals surface area contributed by atoms with Gasteiger partial charge in [0.1, 0.15) is 0 Å². The first kappa shape index (κ1) is 19.1. The van der Waals surface area contributed by atoms with Gasteiger partial charge in [-0.2, -0.15) is 0 Å². The van der Waals surface area contributed by atoms with Crippen LogP contribution in [0.4, 0.5) is 0 Å². The Labute approximate surface area is 154 Å². The molecule has 0 bridgehead atoms. The van der Waals surface area contributed by atoms with Crippen molar-refractivity contribution in [1.29, 1.82) is 0 Å². The molecule has 0 radical (unpaired) electrons. The lowest BCUT2D eigenvalue weighted by molar-refractivity contribution is 0.274. The summed E-state index contributed by atoms with van der Waals surface area (Å²) in [6.45, 7) is 1.30. The fourth-order valence-electron chi connectivity index (χ4n) is 3.06. The molecule has 0 aromatic heterocycles. The molecule has 3 rings (SSSR count). The van der Waals surface area contributed by atoms with E-state index in [0.717, 1.165) is 12.8 Å². The summed E-state index contributed by atoms with van der Waals surface area (Å²) in [4.78, 5) is 0. The predicted molar refractivity (Wildman–Crippen MR) is 98.3 cm³/mol. The summed E-state index contributed by atoms with van der Waals surface area (Å²) in [6, 6.07) is 6.88. The molecule has 1 aliphatic heterocycles. The van der Waals surface area contributed by atoms with E-state index in [9.17, 15) is 16.8 Å². The molecule has 25 heavy (non-hydrogen) atoms. The van der Waals surface area contributed by atoms with E-state index in [-0.39, 0.29) is 16.9 Å². The van der Waals surface area contributed by atoms with Gasteiger partial charge >= 0.3 is 0 Å². The minimum atomic E-state index is -3.47.